The Hall–Kier alpha value is -1.98. The molecule has 0 fully saturated rings. The zero-order chi connectivity index (χ0) is 13.4. The van der Waals surface area contributed by atoms with Gasteiger partial charge in [0.25, 0.3) is 0 Å². The van der Waals surface area contributed by atoms with Crippen molar-refractivity contribution in [1.29, 1.82) is 0 Å². The van der Waals surface area contributed by atoms with Crippen LogP contribution in [0.3, 0.4) is 0 Å². The van der Waals surface area contributed by atoms with E-state index in [4.69, 9.17) is 0 Å². The molecule has 1 aliphatic heterocycles. The molecule has 2 aromatic rings. The third-order valence-electron chi connectivity index (χ3n) is 3.26. The number of rotatable bonds is 2. The second kappa shape index (κ2) is 4.60. The van der Waals surface area contributed by atoms with Gasteiger partial charge in [-0.3, -0.25) is 0 Å². The number of aromatic nitrogens is 3. The molecule has 3 rings (SSSR count). The minimum Gasteiger partial charge on any atom is -0.354 e. The summed E-state index contributed by atoms with van der Waals surface area (Å²) in [5.41, 5.74) is 0.591. The van der Waals surface area contributed by atoms with Crippen molar-refractivity contribution >= 4 is 5.95 Å². The van der Waals surface area contributed by atoms with Crippen molar-refractivity contribution in [3.63, 3.8) is 0 Å². The van der Waals surface area contributed by atoms with Gasteiger partial charge in [0.15, 0.2) is 5.82 Å². The first-order valence-electron chi connectivity index (χ1n) is 6.32. The van der Waals surface area contributed by atoms with Crippen molar-refractivity contribution < 1.29 is 8.78 Å². The summed E-state index contributed by atoms with van der Waals surface area (Å²) in [4.78, 5) is 4.34. The molecule has 2 heterocycles. The van der Waals surface area contributed by atoms with Gasteiger partial charge in [-0.2, -0.15) is 10.1 Å². The highest BCUT2D eigenvalue weighted by Gasteiger charge is 2.24. The number of hydrogen-bond acceptors (Lipinski definition) is 3. The van der Waals surface area contributed by atoms with E-state index in [1.165, 1.54) is 12.1 Å². The van der Waals surface area contributed by atoms with Crippen LogP contribution in [0.4, 0.5) is 14.7 Å². The highest BCUT2D eigenvalue weighted by molar-refractivity contribution is 5.33. The van der Waals surface area contributed by atoms with Crippen LogP contribution in [-0.2, 0) is 6.42 Å². The van der Waals surface area contributed by atoms with Gasteiger partial charge in [-0.15, -0.1) is 0 Å². The van der Waals surface area contributed by atoms with E-state index < -0.39 is 11.6 Å². The van der Waals surface area contributed by atoms with Crippen molar-refractivity contribution in [1.82, 2.24) is 14.8 Å². The third-order valence-corrected chi connectivity index (χ3v) is 3.26. The topological polar surface area (TPSA) is 42.7 Å². The molecule has 1 aliphatic rings. The predicted octanol–water partition coefficient (Wildman–Crippen LogP) is 2.52. The molecule has 4 nitrogen and oxygen atoms in total. The molecule has 1 N–H and O–H groups in total. The maximum absolute atomic E-state index is 13.3. The van der Waals surface area contributed by atoms with Crippen molar-refractivity contribution in [3.8, 4) is 0 Å². The van der Waals surface area contributed by atoms with Crippen molar-refractivity contribution in [2.75, 3.05) is 11.9 Å². The van der Waals surface area contributed by atoms with Crippen LogP contribution in [0.2, 0.25) is 0 Å². The van der Waals surface area contributed by atoms with E-state index in [9.17, 15) is 8.78 Å². The fraction of sp³-hybridized carbons (Fsp3) is 0.385. The number of halogens is 2. The molecule has 0 aliphatic carbocycles. The number of benzene rings is 1. The molecule has 1 atom stereocenters. The molecule has 1 unspecified atom stereocenters. The summed E-state index contributed by atoms with van der Waals surface area (Å²) in [5.74, 6) is 0.265. The molecule has 1 aromatic carbocycles. The quantitative estimate of drug-likeness (QED) is 0.906. The van der Waals surface area contributed by atoms with Crippen LogP contribution in [0.1, 0.15) is 30.8 Å². The summed E-state index contributed by atoms with van der Waals surface area (Å²) in [5, 5.41) is 7.53. The van der Waals surface area contributed by atoms with Gasteiger partial charge in [-0.05, 0) is 24.1 Å². The van der Waals surface area contributed by atoms with E-state index in [-0.39, 0.29) is 6.04 Å². The smallest absolute Gasteiger partial charge is 0.221 e. The van der Waals surface area contributed by atoms with Crippen molar-refractivity contribution in [3.05, 3.63) is 41.2 Å². The van der Waals surface area contributed by atoms with Crippen LogP contribution in [0, 0.1) is 11.6 Å². The lowest BCUT2D eigenvalue weighted by molar-refractivity contribution is 0.470. The molecule has 6 heteroatoms. The molecule has 0 amide bonds. The summed E-state index contributed by atoms with van der Waals surface area (Å²) in [6.07, 6.45) is 1.45. The highest BCUT2D eigenvalue weighted by Crippen LogP contribution is 2.29. The van der Waals surface area contributed by atoms with E-state index in [0.717, 1.165) is 24.7 Å². The molecule has 19 heavy (non-hydrogen) atoms. The van der Waals surface area contributed by atoms with Gasteiger partial charge in [-0.25, -0.2) is 13.5 Å². The fourth-order valence-corrected chi connectivity index (χ4v) is 2.37. The second-order valence-electron chi connectivity index (χ2n) is 4.58. The molecule has 0 spiro atoms. The number of anilines is 1. The first-order valence-corrected chi connectivity index (χ1v) is 6.32. The summed E-state index contributed by atoms with van der Waals surface area (Å²) in [6, 6.07) is 3.42. The monoisotopic (exact) mass is 264 g/mol. The highest BCUT2D eigenvalue weighted by atomic mass is 19.1. The summed E-state index contributed by atoms with van der Waals surface area (Å²) >= 11 is 0. The number of aryl methyl sites for hydroxylation is 1. The van der Waals surface area contributed by atoms with E-state index in [2.05, 4.69) is 15.4 Å². The zero-order valence-electron chi connectivity index (χ0n) is 10.5. The fourth-order valence-electron chi connectivity index (χ4n) is 2.37. The Morgan fingerprint density at radius 2 is 2.05 bits per heavy atom. The normalized spacial score (nSPS) is 17.9. The lowest BCUT2D eigenvalue weighted by Crippen LogP contribution is -2.25. The van der Waals surface area contributed by atoms with Crippen molar-refractivity contribution in [2.45, 2.75) is 25.8 Å². The van der Waals surface area contributed by atoms with Crippen LogP contribution in [-0.4, -0.2) is 21.3 Å². The van der Waals surface area contributed by atoms with Gasteiger partial charge in [0.2, 0.25) is 5.95 Å². The van der Waals surface area contributed by atoms with Crippen molar-refractivity contribution in [2.24, 2.45) is 0 Å². The van der Waals surface area contributed by atoms with Crippen LogP contribution >= 0.6 is 0 Å². The maximum Gasteiger partial charge on any atom is 0.221 e. The Morgan fingerprint density at radius 3 is 2.74 bits per heavy atom. The number of fused-ring (bicyclic) bond motifs is 1. The Labute approximate surface area is 109 Å². The minimum atomic E-state index is -0.564. The van der Waals surface area contributed by atoms with E-state index in [0.29, 0.717) is 18.1 Å². The Bertz CT molecular complexity index is 588. The van der Waals surface area contributed by atoms with Crippen LogP contribution in [0.5, 0.6) is 0 Å². The van der Waals surface area contributed by atoms with E-state index in [1.807, 2.05) is 6.92 Å². The average molecular weight is 264 g/mol. The van der Waals surface area contributed by atoms with E-state index >= 15 is 0 Å². The Balaban J connectivity index is 2.05. The minimum absolute atomic E-state index is 0.172. The lowest BCUT2D eigenvalue weighted by atomic mass is 10.0. The van der Waals surface area contributed by atoms with Gasteiger partial charge in [-0.1, -0.05) is 6.92 Å². The van der Waals surface area contributed by atoms with Gasteiger partial charge in [0.1, 0.15) is 11.6 Å². The third kappa shape index (κ3) is 2.18. The van der Waals surface area contributed by atoms with Gasteiger partial charge < -0.3 is 5.32 Å². The molecule has 100 valence electrons. The SMILES string of the molecule is CCc1nc2n(n1)C(c1cc(F)cc(F)c1)CCN2. The Morgan fingerprint density at radius 1 is 1.32 bits per heavy atom. The second-order valence-corrected chi connectivity index (χ2v) is 4.58. The largest absolute Gasteiger partial charge is 0.354 e. The zero-order valence-corrected chi connectivity index (χ0v) is 10.5. The van der Waals surface area contributed by atoms with Gasteiger partial charge in [0, 0.05) is 19.0 Å². The van der Waals surface area contributed by atoms with E-state index in [1.54, 1.807) is 4.68 Å². The summed E-state index contributed by atoms with van der Waals surface area (Å²) < 4.78 is 28.4. The first kappa shape index (κ1) is 12.1. The van der Waals surface area contributed by atoms with Gasteiger partial charge in [0.05, 0.1) is 6.04 Å². The molecule has 0 bridgehead atoms. The van der Waals surface area contributed by atoms with Gasteiger partial charge >= 0.3 is 0 Å². The summed E-state index contributed by atoms with van der Waals surface area (Å²) in [7, 11) is 0. The Kier molecular flexibility index (Phi) is 2.93. The molecule has 0 saturated heterocycles. The predicted molar refractivity (Wildman–Crippen MR) is 67.0 cm³/mol. The molecular weight excluding hydrogens is 250 g/mol. The standard InChI is InChI=1S/C13H14F2N4/c1-2-12-17-13-16-4-3-11(19(13)18-12)8-5-9(14)7-10(15)6-8/h5-7,11H,2-4H2,1H3,(H,16,17,18). The van der Waals surface area contributed by atoms with Crippen LogP contribution in [0.15, 0.2) is 18.2 Å². The molecule has 0 radical (unpaired) electrons. The number of nitrogens with zero attached hydrogens (tertiary/aromatic N) is 3. The van der Waals surface area contributed by atoms with Crippen LogP contribution in [0.25, 0.3) is 0 Å². The molecule has 0 saturated carbocycles. The molecule has 1 aromatic heterocycles. The first-order chi connectivity index (χ1) is 9.17. The number of nitrogens with one attached hydrogen (secondary N) is 1. The maximum atomic E-state index is 13.3. The number of hydrogen-bond donors (Lipinski definition) is 1. The van der Waals surface area contributed by atoms with Crippen LogP contribution < -0.4 is 5.32 Å². The average Bonchev–Trinajstić information content (AvgIpc) is 2.80. The summed E-state index contributed by atoms with van der Waals surface area (Å²) in [6.45, 7) is 2.68. The molecular formula is C13H14F2N4. The lowest BCUT2D eigenvalue weighted by Gasteiger charge is -2.24.